The van der Waals surface area contributed by atoms with E-state index in [0.29, 0.717) is 34.6 Å². The molecule has 22 heavy (non-hydrogen) atoms. The van der Waals surface area contributed by atoms with Crippen LogP contribution >= 0.6 is 34.8 Å². The molecule has 1 aromatic heterocycles. The van der Waals surface area contributed by atoms with Crippen molar-refractivity contribution in [3.63, 3.8) is 0 Å². The van der Waals surface area contributed by atoms with E-state index in [9.17, 15) is 0 Å². The maximum absolute atomic E-state index is 6.32. The second-order valence-corrected chi connectivity index (χ2v) is 6.16. The van der Waals surface area contributed by atoms with E-state index in [1.165, 1.54) is 0 Å². The molecule has 3 nitrogen and oxygen atoms in total. The number of hydrogen-bond donors (Lipinski definition) is 1. The van der Waals surface area contributed by atoms with Crippen LogP contribution in [-0.4, -0.2) is 16.1 Å². The lowest BCUT2D eigenvalue weighted by Crippen LogP contribution is -2.11. The van der Waals surface area contributed by atoms with Crippen molar-refractivity contribution in [1.29, 1.82) is 0 Å². The van der Waals surface area contributed by atoms with Crippen LogP contribution in [0.4, 0.5) is 0 Å². The molecule has 114 valence electrons. The van der Waals surface area contributed by atoms with Gasteiger partial charge in [0, 0.05) is 17.0 Å². The number of para-hydroxylation sites is 2. The number of imidazole rings is 1. The summed E-state index contributed by atoms with van der Waals surface area (Å²) in [5, 5.41) is 1.56. The third-order valence-corrected chi connectivity index (χ3v) is 4.75. The van der Waals surface area contributed by atoms with Crippen molar-refractivity contribution in [3.8, 4) is 0 Å². The first kappa shape index (κ1) is 15.6. The van der Waals surface area contributed by atoms with Crippen molar-refractivity contribution < 1.29 is 0 Å². The first-order valence-electron chi connectivity index (χ1n) is 6.88. The lowest BCUT2D eigenvalue weighted by atomic mass is 10.2. The maximum Gasteiger partial charge on any atom is 0.111 e. The van der Waals surface area contributed by atoms with E-state index in [2.05, 4.69) is 9.55 Å². The summed E-state index contributed by atoms with van der Waals surface area (Å²) in [4.78, 5) is 4.64. The van der Waals surface area contributed by atoms with Gasteiger partial charge in [-0.2, -0.15) is 0 Å². The zero-order valence-electron chi connectivity index (χ0n) is 11.7. The Labute approximate surface area is 143 Å². The van der Waals surface area contributed by atoms with Crippen molar-refractivity contribution in [1.82, 2.24) is 9.55 Å². The summed E-state index contributed by atoms with van der Waals surface area (Å²) < 4.78 is 2.09. The topological polar surface area (TPSA) is 43.8 Å². The average Bonchev–Trinajstić information content (AvgIpc) is 2.86. The van der Waals surface area contributed by atoms with Gasteiger partial charge in [0.15, 0.2) is 0 Å². The van der Waals surface area contributed by atoms with Gasteiger partial charge in [-0.25, -0.2) is 4.98 Å². The molecular formula is C16H14Cl3N3. The van der Waals surface area contributed by atoms with Crippen LogP contribution in [0.15, 0.2) is 36.4 Å². The van der Waals surface area contributed by atoms with Crippen LogP contribution in [-0.2, 0) is 13.0 Å². The van der Waals surface area contributed by atoms with E-state index >= 15 is 0 Å². The van der Waals surface area contributed by atoms with Crippen LogP contribution in [0.25, 0.3) is 11.0 Å². The summed E-state index contributed by atoms with van der Waals surface area (Å²) >= 11 is 18.7. The molecule has 0 aliphatic rings. The first-order chi connectivity index (χ1) is 10.6. The third kappa shape index (κ3) is 2.82. The summed E-state index contributed by atoms with van der Waals surface area (Å²) in [5.74, 6) is 0.913. The van der Waals surface area contributed by atoms with Gasteiger partial charge in [0.1, 0.15) is 5.82 Å². The molecule has 6 heteroatoms. The highest BCUT2D eigenvalue weighted by atomic mass is 35.5. The van der Waals surface area contributed by atoms with Crippen molar-refractivity contribution in [2.24, 2.45) is 5.73 Å². The summed E-state index contributed by atoms with van der Waals surface area (Å²) in [5.41, 5.74) is 8.45. The quantitative estimate of drug-likeness (QED) is 0.699. The van der Waals surface area contributed by atoms with Crippen molar-refractivity contribution in [2.75, 3.05) is 6.54 Å². The van der Waals surface area contributed by atoms with Gasteiger partial charge in [0.25, 0.3) is 0 Å². The first-order valence-corrected chi connectivity index (χ1v) is 8.01. The summed E-state index contributed by atoms with van der Waals surface area (Å²) in [7, 11) is 0. The average molecular weight is 355 g/mol. The molecule has 2 aromatic carbocycles. The molecule has 0 unspecified atom stereocenters. The number of benzene rings is 2. The SMILES string of the molecule is NCCc1nc2ccccc2n1Cc1c(Cl)ccc(Cl)c1Cl. The van der Waals surface area contributed by atoms with Crippen LogP contribution in [0.1, 0.15) is 11.4 Å². The molecule has 0 fully saturated rings. The second-order valence-electron chi connectivity index (χ2n) is 4.96. The Bertz CT molecular complexity index is 827. The molecule has 0 bridgehead atoms. The van der Waals surface area contributed by atoms with Crippen LogP contribution in [0.5, 0.6) is 0 Å². The van der Waals surface area contributed by atoms with E-state index in [0.717, 1.165) is 22.4 Å². The fraction of sp³-hybridized carbons (Fsp3) is 0.188. The Kier molecular flexibility index (Phi) is 4.59. The molecule has 0 atom stereocenters. The maximum atomic E-state index is 6.32. The van der Waals surface area contributed by atoms with Crippen LogP contribution < -0.4 is 5.73 Å². The Hall–Kier alpha value is -1.26. The normalized spacial score (nSPS) is 11.3. The lowest BCUT2D eigenvalue weighted by Gasteiger charge is -2.13. The molecule has 0 aliphatic carbocycles. The van der Waals surface area contributed by atoms with E-state index in [4.69, 9.17) is 40.5 Å². The second kappa shape index (κ2) is 6.47. The molecule has 3 rings (SSSR count). The molecule has 0 aliphatic heterocycles. The zero-order chi connectivity index (χ0) is 15.7. The fourth-order valence-corrected chi connectivity index (χ4v) is 3.16. The van der Waals surface area contributed by atoms with Gasteiger partial charge in [-0.1, -0.05) is 46.9 Å². The van der Waals surface area contributed by atoms with Gasteiger partial charge in [-0.15, -0.1) is 0 Å². The highest BCUT2D eigenvalue weighted by molar-refractivity contribution is 6.44. The largest absolute Gasteiger partial charge is 0.330 e. The van der Waals surface area contributed by atoms with E-state index in [-0.39, 0.29) is 0 Å². The minimum absolute atomic E-state index is 0.477. The molecule has 0 saturated carbocycles. The highest BCUT2D eigenvalue weighted by Crippen LogP contribution is 2.33. The Morgan fingerprint density at radius 3 is 2.50 bits per heavy atom. The molecule has 0 saturated heterocycles. The fourth-order valence-electron chi connectivity index (χ4n) is 2.49. The minimum Gasteiger partial charge on any atom is -0.330 e. The third-order valence-electron chi connectivity index (χ3n) is 3.56. The predicted molar refractivity (Wildman–Crippen MR) is 93.1 cm³/mol. The number of hydrogen-bond acceptors (Lipinski definition) is 2. The van der Waals surface area contributed by atoms with E-state index in [1.807, 2.05) is 24.3 Å². The van der Waals surface area contributed by atoms with Crippen LogP contribution in [0.3, 0.4) is 0 Å². The minimum atomic E-state index is 0.477. The Morgan fingerprint density at radius 1 is 1.00 bits per heavy atom. The number of nitrogens with two attached hydrogens (primary N) is 1. The van der Waals surface area contributed by atoms with Gasteiger partial charge >= 0.3 is 0 Å². The lowest BCUT2D eigenvalue weighted by molar-refractivity contribution is 0.735. The van der Waals surface area contributed by atoms with E-state index < -0.39 is 0 Å². The number of aromatic nitrogens is 2. The van der Waals surface area contributed by atoms with Crippen LogP contribution in [0, 0.1) is 0 Å². The van der Waals surface area contributed by atoms with Crippen molar-refractivity contribution in [3.05, 3.63) is 62.9 Å². The standard InChI is InChI=1S/C16H14Cl3N3/c17-11-5-6-12(18)16(19)10(11)9-22-14-4-2-1-3-13(14)21-15(22)7-8-20/h1-6H,7-9,20H2. The smallest absolute Gasteiger partial charge is 0.111 e. The summed E-state index contributed by atoms with van der Waals surface area (Å²) in [6.07, 6.45) is 0.685. The van der Waals surface area contributed by atoms with Crippen LogP contribution in [0.2, 0.25) is 15.1 Å². The number of fused-ring (bicyclic) bond motifs is 1. The monoisotopic (exact) mass is 353 g/mol. The molecule has 2 N–H and O–H groups in total. The Balaban J connectivity index is 2.14. The summed E-state index contributed by atoms with van der Waals surface area (Å²) in [6.45, 7) is 1.04. The summed E-state index contributed by atoms with van der Waals surface area (Å²) in [6, 6.07) is 11.4. The zero-order valence-corrected chi connectivity index (χ0v) is 14.0. The molecular weight excluding hydrogens is 341 g/mol. The Morgan fingerprint density at radius 2 is 1.73 bits per heavy atom. The molecule has 0 radical (unpaired) electrons. The molecule has 0 spiro atoms. The molecule has 1 heterocycles. The van der Waals surface area contributed by atoms with Gasteiger partial charge < -0.3 is 10.3 Å². The number of nitrogens with zero attached hydrogens (tertiary/aromatic N) is 2. The van der Waals surface area contributed by atoms with Gasteiger partial charge in [-0.05, 0) is 30.8 Å². The predicted octanol–water partition coefficient (Wildman–Crippen LogP) is 4.55. The van der Waals surface area contributed by atoms with E-state index in [1.54, 1.807) is 12.1 Å². The van der Waals surface area contributed by atoms with Crippen molar-refractivity contribution >= 4 is 45.8 Å². The molecule has 3 aromatic rings. The number of rotatable bonds is 4. The highest BCUT2D eigenvalue weighted by Gasteiger charge is 2.15. The van der Waals surface area contributed by atoms with Crippen molar-refractivity contribution in [2.45, 2.75) is 13.0 Å². The number of halogens is 3. The van der Waals surface area contributed by atoms with Gasteiger partial charge in [0.2, 0.25) is 0 Å². The van der Waals surface area contributed by atoms with Gasteiger partial charge in [-0.3, -0.25) is 0 Å². The molecule has 0 amide bonds. The van der Waals surface area contributed by atoms with Gasteiger partial charge in [0.05, 0.1) is 27.6 Å².